The van der Waals surface area contributed by atoms with Gasteiger partial charge in [0.05, 0.1) is 36.0 Å². The van der Waals surface area contributed by atoms with E-state index in [1.807, 2.05) is 6.92 Å². The number of aliphatic imine (C=N–C) groups is 1. The fourth-order valence-electron chi connectivity index (χ4n) is 2.16. The molecule has 0 aromatic heterocycles. The maximum Gasteiger partial charge on any atom is 0.255 e. The minimum absolute atomic E-state index is 0.152. The standard InChI is InChI=1S/C14H19ClN4O2/c1-3-11(13-17-4-5-18-13)19-14(20)8-6-9(15)10(16)7-12(8)21-2/h6-7,11H,3-5,16H2,1-2H3,(H,17,18)(H,19,20). The minimum Gasteiger partial charge on any atom is -0.496 e. The first kappa shape index (κ1) is 15.4. The Labute approximate surface area is 128 Å². The number of amidine groups is 1. The highest BCUT2D eigenvalue weighted by Crippen LogP contribution is 2.28. The molecule has 0 saturated heterocycles. The van der Waals surface area contributed by atoms with Gasteiger partial charge in [0.2, 0.25) is 0 Å². The summed E-state index contributed by atoms with van der Waals surface area (Å²) in [5.41, 5.74) is 6.45. The Bertz CT molecular complexity index is 574. The number of halogens is 1. The van der Waals surface area contributed by atoms with Crippen LogP contribution >= 0.6 is 11.6 Å². The lowest BCUT2D eigenvalue weighted by Crippen LogP contribution is -2.44. The molecule has 0 fully saturated rings. The average Bonchev–Trinajstić information content (AvgIpc) is 3.00. The first-order chi connectivity index (χ1) is 10.1. The van der Waals surface area contributed by atoms with Gasteiger partial charge in [-0.05, 0) is 12.5 Å². The molecule has 4 N–H and O–H groups in total. The highest BCUT2D eigenvalue weighted by Gasteiger charge is 2.22. The van der Waals surface area contributed by atoms with Crippen molar-refractivity contribution < 1.29 is 9.53 Å². The number of methoxy groups -OCH3 is 1. The van der Waals surface area contributed by atoms with Crippen molar-refractivity contribution in [2.24, 2.45) is 4.99 Å². The van der Waals surface area contributed by atoms with Crippen molar-refractivity contribution >= 4 is 29.0 Å². The number of hydrogen-bond acceptors (Lipinski definition) is 5. The second-order valence-electron chi connectivity index (χ2n) is 4.70. The molecular formula is C14H19ClN4O2. The van der Waals surface area contributed by atoms with E-state index in [4.69, 9.17) is 22.1 Å². The van der Waals surface area contributed by atoms with Crippen molar-refractivity contribution in [3.8, 4) is 5.75 Å². The van der Waals surface area contributed by atoms with E-state index in [0.29, 0.717) is 22.0 Å². The lowest BCUT2D eigenvalue weighted by molar-refractivity contribution is 0.0943. The summed E-state index contributed by atoms with van der Waals surface area (Å²) in [5, 5.41) is 6.43. The van der Waals surface area contributed by atoms with Gasteiger partial charge in [0.25, 0.3) is 5.91 Å². The highest BCUT2D eigenvalue weighted by atomic mass is 35.5. The lowest BCUT2D eigenvalue weighted by Gasteiger charge is -2.18. The van der Waals surface area contributed by atoms with Gasteiger partial charge in [-0.2, -0.15) is 0 Å². The predicted octanol–water partition coefficient (Wildman–Crippen LogP) is 1.44. The minimum atomic E-state index is -0.267. The van der Waals surface area contributed by atoms with E-state index in [1.165, 1.54) is 13.2 Å². The van der Waals surface area contributed by atoms with Crippen LogP contribution in [0.1, 0.15) is 23.7 Å². The van der Waals surface area contributed by atoms with Gasteiger partial charge in [0.15, 0.2) is 0 Å². The van der Waals surface area contributed by atoms with Crippen LogP contribution in [0.4, 0.5) is 5.69 Å². The van der Waals surface area contributed by atoms with Crippen molar-refractivity contribution in [2.75, 3.05) is 25.9 Å². The van der Waals surface area contributed by atoms with E-state index in [-0.39, 0.29) is 11.9 Å². The predicted molar refractivity (Wildman–Crippen MR) is 84.3 cm³/mol. The molecule has 1 amide bonds. The number of carbonyl (C=O) groups is 1. The Morgan fingerprint density at radius 3 is 2.95 bits per heavy atom. The van der Waals surface area contributed by atoms with Crippen molar-refractivity contribution in [3.63, 3.8) is 0 Å². The number of amides is 1. The number of nitrogens with zero attached hydrogens (tertiary/aromatic N) is 1. The Morgan fingerprint density at radius 2 is 2.38 bits per heavy atom. The van der Waals surface area contributed by atoms with Crippen LogP contribution in [0, 0.1) is 0 Å². The summed E-state index contributed by atoms with van der Waals surface area (Å²) in [5.74, 6) is 0.939. The van der Waals surface area contributed by atoms with E-state index in [9.17, 15) is 4.79 Å². The zero-order valence-corrected chi connectivity index (χ0v) is 12.8. The molecule has 2 rings (SSSR count). The molecule has 21 heavy (non-hydrogen) atoms. The molecule has 0 radical (unpaired) electrons. The molecule has 0 spiro atoms. The number of nitrogen functional groups attached to an aromatic ring is 1. The molecule has 1 aromatic rings. The topological polar surface area (TPSA) is 88.7 Å². The summed E-state index contributed by atoms with van der Waals surface area (Å²) in [6.45, 7) is 3.53. The van der Waals surface area contributed by atoms with Crippen molar-refractivity contribution in [1.82, 2.24) is 10.6 Å². The largest absolute Gasteiger partial charge is 0.496 e. The van der Waals surface area contributed by atoms with E-state index >= 15 is 0 Å². The van der Waals surface area contributed by atoms with Gasteiger partial charge >= 0.3 is 0 Å². The number of anilines is 1. The Balaban J connectivity index is 2.21. The van der Waals surface area contributed by atoms with Gasteiger partial charge in [-0.25, -0.2) is 0 Å². The zero-order valence-electron chi connectivity index (χ0n) is 12.1. The number of rotatable bonds is 5. The van der Waals surface area contributed by atoms with Crippen LogP contribution in [-0.2, 0) is 0 Å². The van der Waals surface area contributed by atoms with Gasteiger partial charge < -0.3 is 21.1 Å². The van der Waals surface area contributed by atoms with E-state index in [0.717, 1.165) is 25.3 Å². The summed E-state index contributed by atoms with van der Waals surface area (Å²) < 4.78 is 5.20. The monoisotopic (exact) mass is 310 g/mol. The molecule has 0 bridgehead atoms. The number of hydrogen-bond donors (Lipinski definition) is 3. The molecule has 114 valence electrons. The zero-order chi connectivity index (χ0) is 15.4. The van der Waals surface area contributed by atoms with Gasteiger partial charge in [-0.1, -0.05) is 18.5 Å². The van der Waals surface area contributed by atoms with Gasteiger partial charge in [-0.15, -0.1) is 0 Å². The van der Waals surface area contributed by atoms with Crippen LogP contribution in [0.3, 0.4) is 0 Å². The third kappa shape index (κ3) is 3.39. The van der Waals surface area contributed by atoms with Gasteiger partial charge in [0, 0.05) is 12.6 Å². The van der Waals surface area contributed by atoms with Crippen LogP contribution in [-0.4, -0.2) is 38.0 Å². The molecule has 1 atom stereocenters. The Morgan fingerprint density at radius 1 is 1.62 bits per heavy atom. The SMILES string of the molecule is CCC(NC(=O)c1cc(Cl)c(N)cc1OC)C1=NCCN1. The van der Waals surface area contributed by atoms with Crippen molar-refractivity contribution in [2.45, 2.75) is 19.4 Å². The van der Waals surface area contributed by atoms with Crippen LogP contribution < -0.4 is 21.1 Å². The molecule has 1 aliphatic heterocycles. The first-order valence-electron chi connectivity index (χ1n) is 6.78. The van der Waals surface area contributed by atoms with Crippen LogP contribution in [0.2, 0.25) is 5.02 Å². The maximum absolute atomic E-state index is 12.4. The average molecular weight is 311 g/mol. The van der Waals surface area contributed by atoms with Crippen molar-refractivity contribution in [1.29, 1.82) is 0 Å². The van der Waals surface area contributed by atoms with E-state index in [2.05, 4.69) is 15.6 Å². The summed E-state index contributed by atoms with van der Waals surface area (Å²) in [6, 6.07) is 2.91. The molecule has 7 heteroatoms. The maximum atomic E-state index is 12.4. The summed E-state index contributed by atoms with van der Waals surface area (Å²) in [4.78, 5) is 16.8. The molecule has 1 aliphatic rings. The second-order valence-corrected chi connectivity index (χ2v) is 5.11. The third-order valence-electron chi connectivity index (χ3n) is 3.31. The quantitative estimate of drug-likeness (QED) is 0.718. The summed E-state index contributed by atoms with van der Waals surface area (Å²) in [7, 11) is 1.49. The third-order valence-corrected chi connectivity index (χ3v) is 3.63. The normalized spacial score (nSPS) is 15.1. The molecular weight excluding hydrogens is 292 g/mol. The second kappa shape index (κ2) is 6.67. The molecule has 1 unspecified atom stereocenters. The van der Waals surface area contributed by atoms with Crippen molar-refractivity contribution in [3.05, 3.63) is 22.7 Å². The molecule has 1 aromatic carbocycles. The smallest absolute Gasteiger partial charge is 0.255 e. The number of nitrogens with two attached hydrogens (primary N) is 1. The fourth-order valence-corrected chi connectivity index (χ4v) is 2.33. The van der Waals surface area contributed by atoms with Gasteiger partial charge in [-0.3, -0.25) is 9.79 Å². The number of ether oxygens (including phenoxy) is 1. The van der Waals surface area contributed by atoms with Crippen LogP contribution in [0.5, 0.6) is 5.75 Å². The van der Waals surface area contributed by atoms with Crippen LogP contribution in [0.25, 0.3) is 0 Å². The van der Waals surface area contributed by atoms with E-state index in [1.54, 1.807) is 6.07 Å². The molecule has 0 saturated carbocycles. The first-order valence-corrected chi connectivity index (χ1v) is 7.16. The molecule has 1 heterocycles. The summed E-state index contributed by atoms with van der Waals surface area (Å²) >= 11 is 5.99. The molecule has 6 nitrogen and oxygen atoms in total. The van der Waals surface area contributed by atoms with Crippen LogP contribution in [0.15, 0.2) is 17.1 Å². The number of benzene rings is 1. The number of nitrogens with one attached hydrogen (secondary N) is 2. The Kier molecular flexibility index (Phi) is 4.90. The Hall–Kier alpha value is -1.95. The summed E-state index contributed by atoms with van der Waals surface area (Å²) in [6.07, 6.45) is 0.739. The lowest BCUT2D eigenvalue weighted by atomic mass is 10.1. The highest BCUT2D eigenvalue weighted by molar-refractivity contribution is 6.33. The molecule has 0 aliphatic carbocycles. The van der Waals surface area contributed by atoms with E-state index < -0.39 is 0 Å². The van der Waals surface area contributed by atoms with Gasteiger partial charge in [0.1, 0.15) is 11.6 Å². The number of carbonyl (C=O) groups excluding carboxylic acids is 1. The fraction of sp³-hybridized carbons (Fsp3) is 0.429.